The normalized spacial score (nSPS) is 10.5. The maximum Gasteiger partial charge on any atom is 0.310 e. The molecule has 0 saturated heterocycles. The molecule has 0 atom stereocenters. The van der Waals surface area contributed by atoms with Crippen molar-refractivity contribution in [1.82, 2.24) is 4.98 Å². The standard InChI is InChI=1S/C19H16ClNO3S/c1-23-17-9-5-2-6-13(17)10-18(22)24-11-14-12-25-19(21-14)15-7-3-4-8-16(15)20/h2-9,12H,10-11H2,1H3. The first-order valence-electron chi connectivity index (χ1n) is 7.64. The highest BCUT2D eigenvalue weighted by atomic mass is 35.5. The molecule has 4 nitrogen and oxygen atoms in total. The number of halogens is 1. The van der Waals surface area contributed by atoms with Crippen molar-refractivity contribution < 1.29 is 14.3 Å². The zero-order valence-electron chi connectivity index (χ0n) is 13.6. The summed E-state index contributed by atoms with van der Waals surface area (Å²) in [7, 11) is 1.58. The lowest BCUT2D eigenvalue weighted by molar-refractivity contribution is -0.144. The highest BCUT2D eigenvalue weighted by Crippen LogP contribution is 2.30. The number of carbonyl (C=O) groups excluding carboxylic acids is 1. The van der Waals surface area contributed by atoms with Gasteiger partial charge in [0.05, 0.1) is 24.2 Å². The van der Waals surface area contributed by atoms with Crippen LogP contribution in [0.25, 0.3) is 10.6 Å². The van der Waals surface area contributed by atoms with E-state index in [1.54, 1.807) is 7.11 Å². The van der Waals surface area contributed by atoms with Gasteiger partial charge in [-0.2, -0.15) is 0 Å². The smallest absolute Gasteiger partial charge is 0.310 e. The fraction of sp³-hybridized carbons (Fsp3) is 0.158. The minimum atomic E-state index is -0.322. The Balaban J connectivity index is 1.61. The van der Waals surface area contributed by atoms with E-state index >= 15 is 0 Å². The Hall–Kier alpha value is -2.37. The van der Waals surface area contributed by atoms with Crippen LogP contribution in [-0.4, -0.2) is 18.1 Å². The molecule has 6 heteroatoms. The van der Waals surface area contributed by atoms with E-state index in [9.17, 15) is 4.79 Å². The lowest BCUT2D eigenvalue weighted by Gasteiger charge is -2.07. The van der Waals surface area contributed by atoms with Crippen LogP contribution in [0.15, 0.2) is 53.9 Å². The molecule has 0 aliphatic rings. The van der Waals surface area contributed by atoms with Crippen LogP contribution in [0.5, 0.6) is 5.75 Å². The van der Waals surface area contributed by atoms with Gasteiger partial charge in [-0.05, 0) is 12.1 Å². The molecule has 128 valence electrons. The number of benzene rings is 2. The third-order valence-corrected chi connectivity index (χ3v) is 4.82. The summed E-state index contributed by atoms with van der Waals surface area (Å²) in [5, 5.41) is 3.33. The maximum atomic E-state index is 12.1. The van der Waals surface area contributed by atoms with Gasteiger partial charge in [0.2, 0.25) is 0 Å². The van der Waals surface area contributed by atoms with Gasteiger partial charge in [-0.3, -0.25) is 4.79 Å². The van der Waals surface area contributed by atoms with Crippen molar-refractivity contribution in [3.8, 4) is 16.3 Å². The topological polar surface area (TPSA) is 48.4 Å². The van der Waals surface area contributed by atoms with Crippen LogP contribution in [0.4, 0.5) is 0 Å². The van der Waals surface area contributed by atoms with E-state index in [2.05, 4.69) is 4.98 Å². The molecule has 0 spiro atoms. The molecular weight excluding hydrogens is 358 g/mol. The van der Waals surface area contributed by atoms with Crippen LogP contribution < -0.4 is 4.74 Å². The first kappa shape index (κ1) is 17.5. The average molecular weight is 374 g/mol. The van der Waals surface area contributed by atoms with Crippen molar-refractivity contribution in [2.45, 2.75) is 13.0 Å². The molecule has 0 N–H and O–H groups in total. The number of aromatic nitrogens is 1. The van der Waals surface area contributed by atoms with E-state index in [4.69, 9.17) is 21.1 Å². The van der Waals surface area contributed by atoms with E-state index in [1.807, 2.05) is 53.9 Å². The summed E-state index contributed by atoms with van der Waals surface area (Å²) in [5.41, 5.74) is 2.37. The van der Waals surface area contributed by atoms with Crippen LogP contribution in [-0.2, 0) is 22.6 Å². The van der Waals surface area contributed by atoms with E-state index in [0.717, 1.165) is 16.1 Å². The zero-order chi connectivity index (χ0) is 17.6. The quantitative estimate of drug-likeness (QED) is 0.584. The van der Waals surface area contributed by atoms with Crippen LogP contribution in [0.2, 0.25) is 5.02 Å². The van der Waals surface area contributed by atoms with Crippen LogP contribution in [0.3, 0.4) is 0 Å². The number of ether oxygens (including phenoxy) is 2. The Morgan fingerprint density at radius 1 is 1.16 bits per heavy atom. The Labute approximate surface area is 155 Å². The molecule has 0 unspecified atom stereocenters. The zero-order valence-corrected chi connectivity index (χ0v) is 15.1. The monoisotopic (exact) mass is 373 g/mol. The number of thiazole rings is 1. The van der Waals surface area contributed by atoms with Crippen molar-refractivity contribution in [1.29, 1.82) is 0 Å². The molecule has 0 bridgehead atoms. The fourth-order valence-electron chi connectivity index (χ4n) is 2.34. The number of nitrogens with zero attached hydrogens (tertiary/aromatic N) is 1. The summed E-state index contributed by atoms with van der Waals surface area (Å²) >= 11 is 7.66. The van der Waals surface area contributed by atoms with Gasteiger partial charge >= 0.3 is 5.97 Å². The van der Waals surface area contributed by atoms with Gasteiger partial charge in [0.1, 0.15) is 17.4 Å². The van der Waals surface area contributed by atoms with Crippen molar-refractivity contribution in [3.63, 3.8) is 0 Å². The van der Waals surface area contributed by atoms with E-state index in [1.165, 1.54) is 11.3 Å². The average Bonchev–Trinajstić information content (AvgIpc) is 3.09. The Morgan fingerprint density at radius 2 is 1.92 bits per heavy atom. The molecule has 0 fully saturated rings. The van der Waals surface area contributed by atoms with Crippen LogP contribution in [0.1, 0.15) is 11.3 Å². The van der Waals surface area contributed by atoms with Gasteiger partial charge in [-0.25, -0.2) is 4.98 Å². The molecule has 0 saturated carbocycles. The predicted octanol–water partition coefficient (Wildman–Crippen LogP) is 4.76. The second-order valence-electron chi connectivity index (χ2n) is 5.27. The third-order valence-electron chi connectivity index (χ3n) is 3.56. The summed E-state index contributed by atoms with van der Waals surface area (Å²) in [6.45, 7) is 0.134. The molecule has 2 aromatic carbocycles. The second kappa shape index (κ2) is 8.14. The molecule has 0 aliphatic carbocycles. The van der Waals surface area contributed by atoms with Crippen molar-refractivity contribution in [3.05, 3.63) is 70.2 Å². The van der Waals surface area contributed by atoms with Gasteiger partial charge in [-0.1, -0.05) is 48.0 Å². The predicted molar refractivity (Wildman–Crippen MR) is 99.1 cm³/mol. The summed E-state index contributed by atoms with van der Waals surface area (Å²) in [6, 6.07) is 14.9. The van der Waals surface area contributed by atoms with E-state index < -0.39 is 0 Å². The highest BCUT2D eigenvalue weighted by Gasteiger charge is 2.12. The Kier molecular flexibility index (Phi) is 5.68. The molecule has 1 aromatic heterocycles. The second-order valence-corrected chi connectivity index (χ2v) is 6.54. The first-order valence-corrected chi connectivity index (χ1v) is 8.90. The van der Waals surface area contributed by atoms with Crippen molar-refractivity contribution in [2.75, 3.05) is 7.11 Å². The third kappa shape index (κ3) is 4.38. The lowest BCUT2D eigenvalue weighted by Crippen LogP contribution is -2.09. The number of carbonyl (C=O) groups is 1. The first-order chi connectivity index (χ1) is 12.2. The fourth-order valence-corrected chi connectivity index (χ4v) is 3.47. The summed E-state index contributed by atoms with van der Waals surface area (Å²) in [4.78, 5) is 16.5. The number of hydrogen-bond donors (Lipinski definition) is 0. The number of rotatable bonds is 6. The minimum absolute atomic E-state index is 0.134. The number of para-hydroxylation sites is 1. The van der Waals surface area contributed by atoms with Gasteiger partial charge < -0.3 is 9.47 Å². The van der Waals surface area contributed by atoms with Gasteiger partial charge in [0.15, 0.2) is 0 Å². The Bertz CT molecular complexity index is 878. The van der Waals surface area contributed by atoms with Gasteiger partial charge in [0.25, 0.3) is 0 Å². The number of esters is 1. The number of methoxy groups -OCH3 is 1. The van der Waals surface area contributed by atoms with Crippen LogP contribution >= 0.6 is 22.9 Å². The molecular formula is C19H16ClNO3S. The van der Waals surface area contributed by atoms with E-state index in [-0.39, 0.29) is 19.0 Å². The molecule has 0 amide bonds. The molecule has 3 rings (SSSR count). The highest BCUT2D eigenvalue weighted by molar-refractivity contribution is 7.13. The SMILES string of the molecule is COc1ccccc1CC(=O)OCc1csc(-c2ccccc2Cl)n1. The molecule has 1 heterocycles. The molecule has 0 radical (unpaired) electrons. The van der Waals surface area contributed by atoms with E-state index in [0.29, 0.717) is 16.5 Å². The summed E-state index contributed by atoms with van der Waals surface area (Å²) < 4.78 is 10.6. The minimum Gasteiger partial charge on any atom is -0.496 e. The maximum absolute atomic E-state index is 12.1. The molecule has 25 heavy (non-hydrogen) atoms. The Morgan fingerprint density at radius 3 is 2.72 bits per heavy atom. The molecule has 0 aliphatic heterocycles. The summed E-state index contributed by atoms with van der Waals surface area (Å²) in [5.74, 6) is 0.353. The largest absolute Gasteiger partial charge is 0.496 e. The van der Waals surface area contributed by atoms with Crippen LogP contribution in [0, 0.1) is 0 Å². The molecule has 3 aromatic rings. The van der Waals surface area contributed by atoms with Gasteiger partial charge in [0, 0.05) is 16.5 Å². The summed E-state index contributed by atoms with van der Waals surface area (Å²) in [6.07, 6.45) is 0.158. The lowest BCUT2D eigenvalue weighted by atomic mass is 10.1. The number of hydrogen-bond acceptors (Lipinski definition) is 5. The van der Waals surface area contributed by atoms with Crippen molar-refractivity contribution in [2.24, 2.45) is 0 Å². The van der Waals surface area contributed by atoms with Gasteiger partial charge in [-0.15, -0.1) is 11.3 Å². The van der Waals surface area contributed by atoms with Crippen molar-refractivity contribution >= 4 is 28.9 Å².